The van der Waals surface area contributed by atoms with Crippen molar-refractivity contribution in [1.29, 1.82) is 0 Å². The van der Waals surface area contributed by atoms with E-state index in [9.17, 15) is 0 Å². The molecule has 3 heteroatoms. The van der Waals surface area contributed by atoms with Gasteiger partial charge in [0.2, 0.25) is 0 Å². The average molecular weight is 214 g/mol. The van der Waals surface area contributed by atoms with Gasteiger partial charge in [-0.3, -0.25) is 0 Å². The lowest BCUT2D eigenvalue weighted by molar-refractivity contribution is 0.519. The third kappa shape index (κ3) is 2.89. The Labute approximate surface area is 89.9 Å². The highest BCUT2D eigenvalue weighted by Gasteiger charge is 2.14. The molecule has 1 atom stereocenters. The Morgan fingerprint density at radius 1 is 1.71 bits per heavy atom. The molecule has 1 unspecified atom stereocenters. The minimum absolute atomic E-state index is 0.221. The summed E-state index contributed by atoms with van der Waals surface area (Å²) in [5, 5.41) is 3.87. The average Bonchev–Trinajstić information content (AvgIpc) is 2.59. The smallest absolute Gasteiger partial charge is 0.197 e. The van der Waals surface area contributed by atoms with E-state index in [2.05, 4.69) is 18.8 Å². The van der Waals surface area contributed by atoms with Gasteiger partial charge in [-0.15, -0.1) is 6.58 Å². The molecule has 0 amide bonds. The van der Waals surface area contributed by atoms with E-state index in [1.807, 2.05) is 12.1 Å². The standard InChI is InChI=1S/C11H16ClNO/c1-3-5-10(13-7-4-2)9-6-8-14-11(9)12/h3,6,8,10,13H,1,4-5,7H2,2H3. The van der Waals surface area contributed by atoms with Crippen LogP contribution in [0.2, 0.25) is 5.22 Å². The molecule has 1 heterocycles. The summed E-state index contributed by atoms with van der Waals surface area (Å²) in [7, 11) is 0. The van der Waals surface area contributed by atoms with Gasteiger partial charge in [-0.1, -0.05) is 13.0 Å². The number of nitrogens with one attached hydrogen (secondary N) is 1. The van der Waals surface area contributed by atoms with Gasteiger partial charge in [-0.25, -0.2) is 0 Å². The largest absolute Gasteiger partial charge is 0.453 e. The molecule has 1 rings (SSSR count). The summed E-state index contributed by atoms with van der Waals surface area (Å²) in [4.78, 5) is 0. The molecule has 14 heavy (non-hydrogen) atoms. The molecule has 0 aromatic carbocycles. The van der Waals surface area contributed by atoms with Gasteiger partial charge < -0.3 is 9.73 Å². The molecule has 1 N–H and O–H groups in total. The maximum Gasteiger partial charge on any atom is 0.197 e. The molecule has 0 bridgehead atoms. The summed E-state index contributed by atoms with van der Waals surface area (Å²) in [6, 6.07) is 2.12. The maximum absolute atomic E-state index is 5.91. The molecule has 0 saturated heterocycles. The Bertz CT molecular complexity index is 283. The number of rotatable bonds is 6. The summed E-state index contributed by atoms with van der Waals surface area (Å²) >= 11 is 5.91. The first-order valence-corrected chi connectivity index (χ1v) is 5.24. The second kappa shape index (κ2) is 5.89. The lowest BCUT2D eigenvalue weighted by atomic mass is 10.1. The van der Waals surface area contributed by atoms with Gasteiger partial charge in [0.15, 0.2) is 5.22 Å². The fourth-order valence-electron chi connectivity index (χ4n) is 1.36. The van der Waals surface area contributed by atoms with Crippen LogP contribution in [0.5, 0.6) is 0 Å². The first kappa shape index (κ1) is 11.3. The third-order valence-electron chi connectivity index (χ3n) is 2.06. The molecular weight excluding hydrogens is 198 g/mol. The summed E-state index contributed by atoms with van der Waals surface area (Å²) in [5.74, 6) is 0. The van der Waals surface area contributed by atoms with Crippen LogP contribution >= 0.6 is 11.6 Å². The number of furan rings is 1. The van der Waals surface area contributed by atoms with Crippen molar-refractivity contribution < 1.29 is 4.42 Å². The van der Waals surface area contributed by atoms with Crippen molar-refractivity contribution in [1.82, 2.24) is 5.32 Å². The molecule has 0 spiro atoms. The summed E-state index contributed by atoms with van der Waals surface area (Å²) < 4.78 is 5.06. The third-order valence-corrected chi connectivity index (χ3v) is 2.37. The van der Waals surface area contributed by atoms with Gasteiger partial charge in [0.1, 0.15) is 0 Å². The van der Waals surface area contributed by atoms with Gasteiger partial charge in [-0.2, -0.15) is 0 Å². The van der Waals surface area contributed by atoms with Crippen molar-refractivity contribution in [3.63, 3.8) is 0 Å². The zero-order chi connectivity index (χ0) is 10.4. The van der Waals surface area contributed by atoms with Crippen LogP contribution in [-0.2, 0) is 0 Å². The summed E-state index contributed by atoms with van der Waals surface area (Å²) in [6.45, 7) is 6.84. The first-order valence-electron chi connectivity index (χ1n) is 4.86. The monoisotopic (exact) mass is 213 g/mol. The summed E-state index contributed by atoms with van der Waals surface area (Å²) in [5.41, 5.74) is 1.01. The van der Waals surface area contributed by atoms with Crippen LogP contribution in [0.15, 0.2) is 29.4 Å². The molecule has 0 radical (unpaired) electrons. The van der Waals surface area contributed by atoms with Crippen molar-refractivity contribution in [2.24, 2.45) is 0 Å². The minimum Gasteiger partial charge on any atom is -0.453 e. The first-order chi connectivity index (χ1) is 6.79. The zero-order valence-corrected chi connectivity index (χ0v) is 9.18. The molecule has 0 saturated carbocycles. The van der Waals surface area contributed by atoms with E-state index in [0.29, 0.717) is 5.22 Å². The van der Waals surface area contributed by atoms with Gasteiger partial charge in [0, 0.05) is 11.6 Å². The molecule has 1 aromatic heterocycles. The molecule has 0 aliphatic heterocycles. The highest BCUT2D eigenvalue weighted by atomic mass is 35.5. The normalized spacial score (nSPS) is 12.7. The SMILES string of the molecule is C=CCC(NCCC)c1ccoc1Cl. The van der Waals surface area contributed by atoms with Gasteiger partial charge in [0.05, 0.1) is 6.26 Å². The van der Waals surface area contributed by atoms with E-state index in [1.165, 1.54) is 0 Å². The summed E-state index contributed by atoms with van der Waals surface area (Å²) in [6.07, 6.45) is 5.46. The van der Waals surface area contributed by atoms with Gasteiger partial charge in [-0.05, 0) is 37.1 Å². The van der Waals surface area contributed by atoms with Crippen molar-refractivity contribution in [2.75, 3.05) is 6.54 Å². The lowest BCUT2D eigenvalue weighted by Crippen LogP contribution is -2.21. The Hall–Kier alpha value is -0.730. The van der Waals surface area contributed by atoms with Gasteiger partial charge >= 0.3 is 0 Å². The van der Waals surface area contributed by atoms with E-state index >= 15 is 0 Å². The maximum atomic E-state index is 5.91. The quantitative estimate of drug-likeness (QED) is 0.732. The molecular formula is C11H16ClNO. The van der Waals surface area contributed by atoms with E-state index in [4.69, 9.17) is 16.0 Å². The predicted octanol–water partition coefficient (Wildman–Crippen LogP) is 3.55. The van der Waals surface area contributed by atoms with Crippen molar-refractivity contribution in [3.8, 4) is 0 Å². The van der Waals surface area contributed by atoms with Crippen LogP contribution in [0.3, 0.4) is 0 Å². The van der Waals surface area contributed by atoms with E-state index in [-0.39, 0.29) is 6.04 Å². The Kier molecular flexibility index (Phi) is 4.77. The Balaban J connectivity index is 2.66. The number of hydrogen-bond acceptors (Lipinski definition) is 2. The highest BCUT2D eigenvalue weighted by Crippen LogP contribution is 2.26. The van der Waals surface area contributed by atoms with Crippen molar-refractivity contribution in [2.45, 2.75) is 25.8 Å². The van der Waals surface area contributed by atoms with Crippen LogP contribution in [-0.4, -0.2) is 6.54 Å². The molecule has 2 nitrogen and oxygen atoms in total. The zero-order valence-electron chi connectivity index (χ0n) is 8.42. The molecule has 0 fully saturated rings. The van der Waals surface area contributed by atoms with E-state index in [0.717, 1.165) is 24.9 Å². The fraction of sp³-hybridized carbons (Fsp3) is 0.455. The minimum atomic E-state index is 0.221. The van der Waals surface area contributed by atoms with Crippen molar-refractivity contribution >= 4 is 11.6 Å². The Morgan fingerprint density at radius 3 is 3.00 bits per heavy atom. The topological polar surface area (TPSA) is 25.2 Å². The number of halogens is 1. The van der Waals surface area contributed by atoms with Crippen LogP contribution in [0.25, 0.3) is 0 Å². The lowest BCUT2D eigenvalue weighted by Gasteiger charge is -2.15. The van der Waals surface area contributed by atoms with Crippen LogP contribution in [0, 0.1) is 0 Å². The molecule has 0 aliphatic carbocycles. The fourth-order valence-corrected chi connectivity index (χ4v) is 1.61. The van der Waals surface area contributed by atoms with Crippen LogP contribution in [0.1, 0.15) is 31.4 Å². The second-order valence-electron chi connectivity index (χ2n) is 3.18. The Morgan fingerprint density at radius 2 is 2.50 bits per heavy atom. The molecule has 1 aromatic rings. The second-order valence-corrected chi connectivity index (χ2v) is 3.52. The molecule has 0 aliphatic rings. The van der Waals surface area contributed by atoms with Gasteiger partial charge in [0.25, 0.3) is 0 Å². The van der Waals surface area contributed by atoms with E-state index in [1.54, 1.807) is 6.26 Å². The van der Waals surface area contributed by atoms with Crippen LogP contribution in [0.4, 0.5) is 0 Å². The predicted molar refractivity (Wildman–Crippen MR) is 59.6 cm³/mol. The highest BCUT2D eigenvalue weighted by molar-refractivity contribution is 6.29. The molecule has 78 valence electrons. The van der Waals surface area contributed by atoms with Crippen molar-refractivity contribution in [3.05, 3.63) is 35.8 Å². The van der Waals surface area contributed by atoms with E-state index < -0.39 is 0 Å². The number of hydrogen-bond donors (Lipinski definition) is 1. The van der Waals surface area contributed by atoms with Crippen LogP contribution < -0.4 is 5.32 Å².